The molecule has 4 nitrogen and oxygen atoms in total. The highest BCUT2D eigenvalue weighted by Crippen LogP contribution is 2.35. The van der Waals surface area contributed by atoms with Crippen molar-refractivity contribution in [3.05, 3.63) is 59.8 Å². The van der Waals surface area contributed by atoms with Crippen molar-refractivity contribution in [2.45, 2.75) is 31.3 Å². The molecule has 0 radical (unpaired) electrons. The number of rotatable bonds is 4. The SMILES string of the molecule is O=C(O)C1CCCCN1C(c1ccco1)c1ccccc1F. The van der Waals surface area contributed by atoms with Crippen LogP contribution >= 0.6 is 0 Å². The molecule has 1 N–H and O–H groups in total. The molecule has 1 aliphatic heterocycles. The normalized spacial score (nSPS) is 20.7. The average Bonchev–Trinajstić information content (AvgIpc) is 3.04. The zero-order chi connectivity index (χ0) is 15.5. The van der Waals surface area contributed by atoms with Crippen molar-refractivity contribution in [3.8, 4) is 0 Å². The number of likely N-dealkylation sites (tertiary alicyclic amines) is 1. The molecule has 2 unspecified atom stereocenters. The van der Waals surface area contributed by atoms with Gasteiger partial charge in [-0.25, -0.2) is 4.39 Å². The summed E-state index contributed by atoms with van der Waals surface area (Å²) in [7, 11) is 0. The van der Waals surface area contributed by atoms with Gasteiger partial charge in [-0.05, 0) is 31.0 Å². The lowest BCUT2D eigenvalue weighted by Crippen LogP contribution is -2.47. The zero-order valence-electron chi connectivity index (χ0n) is 12.1. The van der Waals surface area contributed by atoms with E-state index in [2.05, 4.69) is 0 Å². The minimum absolute atomic E-state index is 0.349. The number of benzene rings is 1. The minimum Gasteiger partial charge on any atom is -0.480 e. The number of nitrogens with zero attached hydrogens (tertiary/aromatic N) is 1. The van der Waals surface area contributed by atoms with Crippen molar-refractivity contribution in [2.24, 2.45) is 0 Å². The van der Waals surface area contributed by atoms with Gasteiger partial charge in [-0.1, -0.05) is 24.6 Å². The molecule has 2 aromatic rings. The largest absolute Gasteiger partial charge is 0.480 e. The summed E-state index contributed by atoms with van der Waals surface area (Å²) in [6.07, 6.45) is 3.87. The fraction of sp³-hybridized carbons (Fsp3) is 0.353. The third kappa shape index (κ3) is 2.76. The van der Waals surface area contributed by atoms with E-state index in [1.165, 1.54) is 12.3 Å². The van der Waals surface area contributed by atoms with Gasteiger partial charge in [0, 0.05) is 12.1 Å². The van der Waals surface area contributed by atoms with Crippen LogP contribution in [-0.2, 0) is 4.79 Å². The lowest BCUT2D eigenvalue weighted by molar-refractivity contribution is -0.145. The number of carboxylic acids is 1. The maximum Gasteiger partial charge on any atom is 0.320 e. The summed E-state index contributed by atoms with van der Waals surface area (Å²) in [5.74, 6) is -0.649. The number of furan rings is 1. The van der Waals surface area contributed by atoms with Crippen LogP contribution in [0.25, 0.3) is 0 Å². The van der Waals surface area contributed by atoms with Gasteiger partial charge in [0.1, 0.15) is 17.6 Å². The maximum atomic E-state index is 14.3. The van der Waals surface area contributed by atoms with Crippen LogP contribution in [0.4, 0.5) is 4.39 Å². The third-order valence-corrected chi connectivity index (χ3v) is 4.17. The summed E-state index contributed by atoms with van der Waals surface area (Å²) in [4.78, 5) is 13.4. The molecule has 0 saturated carbocycles. The fourth-order valence-corrected chi connectivity index (χ4v) is 3.17. The molecule has 5 heteroatoms. The first-order valence-corrected chi connectivity index (χ1v) is 7.45. The van der Waals surface area contributed by atoms with Gasteiger partial charge in [0.25, 0.3) is 0 Å². The molecule has 0 aliphatic carbocycles. The molecule has 1 aromatic carbocycles. The molecule has 1 fully saturated rings. The van der Waals surface area contributed by atoms with E-state index < -0.39 is 18.1 Å². The number of hydrogen-bond donors (Lipinski definition) is 1. The van der Waals surface area contributed by atoms with Crippen LogP contribution in [0, 0.1) is 5.82 Å². The third-order valence-electron chi connectivity index (χ3n) is 4.17. The monoisotopic (exact) mass is 303 g/mol. The molecular formula is C17H18FNO3. The Morgan fingerprint density at radius 1 is 1.27 bits per heavy atom. The standard InChI is InChI=1S/C17H18FNO3/c18-13-7-2-1-6-12(13)16(15-9-5-11-22-15)19-10-4-3-8-14(19)17(20)21/h1-2,5-7,9,11,14,16H,3-4,8,10H2,(H,20,21). The Labute approximate surface area is 128 Å². The van der Waals surface area contributed by atoms with Gasteiger partial charge in [-0.15, -0.1) is 0 Å². The average molecular weight is 303 g/mol. The number of halogens is 1. The van der Waals surface area contributed by atoms with Gasteiger partial charge >= 0.3 is 5.97 Å². The molecule has 0 amide bonds. The summed E-state index contributed by atoms with van der Waals surface area (Å²) in [6.45, 7) is 0.608. The molecule has 3 rings (SSSR count). The fourth-order valence-electron chi connectivity index (χ4n) is 3.17. The summed E-state index contributed by atoms with van der Waals surface area (Å²) in [5, 5.41) is 9.51. The van der Waals surface area contributed by atoms with Crippen molar-refractivity contribution < 1.29 is 18.7 Å². The van der Waals surface area contributed by atoms with E-state index in [0.29, 0.717) is 24.3 Å². The van der Waals surface area contributed by atoms with Gasteiger partial charge in [-0.3, -0.25) is 9.69 Å². The molecular weight excluding hydrogens is 285 g/mol. The highest BCUT2D eigenvalue weighted by atomic mass is 19.1. The highest BCUT2D eigenvalue weighted by Gasteiger charge is 2.37. The second kappa shape index (κ2) is 6.32. The molecule has 1 aromatic heterocycles. The molecule has 2 heterocycles. The first kappa shape index (κ1) is 14.8. The van der Waals surface area contributed by atoms with E-state index in [1.54, 1.807) is 30.3 Å². The Balaban J connectivity index is 2.05. The second-order valence-corrected chi connectivity index (χ2v) is 5.53. The van der Waals surface area contributed by atoms with Crippen LogP contribution in [0.1, 0.15) is 36.6 Å². The van der Waals surface area contributed by atoms with Crippen LogP contribution in [-0.4, -0.2) is 28.6 Å². The lowest BCUT2D eigenvalue weighted by atomic mass is 9.94. The number of carboxylic acid groups (broad SMARTS) is 1. The van der Waals surface area contributed by atoms with E-state index in [4.69, 9.17) is 4.42 Å². The molecule has 0 spiro atoms. The van der Waals surface area contributed by atoms with E-state index in [-0.39, 0.29) is 5.82 Å². The Bertz CT molecular complexity index is 641. The molecule has 116 valence electrons. The van der Waals surface area contributed by atoms with Gasteiger partial charge in [0.2, 0.25) is 0 Å². The number of carbonyl (C=O) groups is 1. The molecule has 1 aliphatic rings. The van der Waals surface area contributed by atoms with Crippen LogP contribution in [0.15, 0.2) is 47.1 Å². The summed E-state index contributed by atoms with van der Waals surface area (Å²) in [6, 6.07) is 8.84. The lowest BCUT2D eigenvalue weighted by Gasteiger charge is -2.38. The van der Waals surface area contributed by atoms with Crippen LogP contribution < -0.4 is 0 Å². The molecule has 2 atom stereocenters. The summed E-state index contributed by atoms with van der Waals surface area (Å²) in [5.41, 5.74) is 0.450. The zero-order valence-corrected chi connectivity index (χ0v) is 12.1. The topological polar surface area (TPSA) is 53.7 Å². The van der Waals surface area contributed by atoms with Crippen LogP contribution in [0.2, 0.25) is 0 Å². The van der Waals surface area contributed by atoms with E-state index in [1.807, 2.05) is 4.90 Å². The van der Waals surface area contributed by atoms with Crippen LogP contribution in [0.5, 0.6) is 0 Å². The first-order valence-electron chi connectivity index (χ1n) is 7.45. The predicted octanol–water partition coefficient (Wildman–Crippen LogP) is 3.45. The van der Waals surface area contributed by atoms with Crippen molar-refractivity contribution >= 4 is 5.97 Å². The van der Waals surface area contributed by atoms with E-state index in [0.717, 1.165) is 12.8 Å². The predicted molar refractivity (Wildman–Crippen MR) is 78.9 cm³/mol. The molecule has 22 heavy (non-hydrogen) atoms. The number of aliphatic carboxylic acids is 1. The Morgan fingerprint density at radius 2 is 2.09 bits per heavy atom. The Hall–Kier alpha value is -2.14. The Kier molecular flexibility index (Phi) is 4.24. The quantitative estimate of drug-likeness (QED) is 0.940. The van der Waals surface area contributed by atoms with Gasteiger partial charge < -0.3 is 9.52 Å². The summed E-state index contributed by atoms with van der Waals surface area (Å²) < 4.78 is 19.8. The summed E-state index contributed by atoms with van der Waals surface area (Å²) >= 11 is 0. The maximum absolute atomic E-state index is 14.3. The number of piperidine rings is 1. The molecule has 0 bridgehead atoms. The number of hydrogen-bond acceptors (Lipinski definition) is 3. The van der Waals surface area contributed by atoms with E-state index >= 15 is 0 Å². The van der Waals surface area contributed by atoms with Gasteiger partial charge in [-0.2, -0.15) is 0 Å². The first-order chi connectivity index (χ1) is 10.7. The minimum atomic E-state index is -0.868. The van der Waals surface area contributed by atoms with Crippen molar-refractivity contribution in [1.82, 2.24) is 4.90 Å². The molecule has 1 saturated heterocycles. The van der Waals surface area contributed by atoms with Crippen molar-refractivity contribution in [2.75, 3.05) is 6.54 Å². The smallest absolute Gasteiger partial charge is 0.320 e. The van der Waals surface area contributed by atoms with Gasteiger partial charge in [0.15, 0.2) is 0 Å². The Morgan fingerprint density at radius 3 is 2.77 bits per heavy atom. The van der Waals surface area contributed by atoms with Crippen molar-refractivity contribution in [1.29, 1.82) is 0 Å². The second-order valence-electron chi connectivity index (χ2n) is 5.53. The van der Waals surface area contributed by atoms with Crippen LogP contribution in [0.3, 0.4) is 0 Å². The van der Waals surface area contributed by atoms with E-state index in [9.17, 15) is 14.3 Å². The van der Waals surface area contributed by atoms with Gasteiger partial charge in [0.05, 0.1) is 12.3 Å². The van der Waals surface area contributed by atoms with Crippen molar-refractivity contribution in [3.63, 3.8) is 0 Å². The highest BCUT2D eigenvalue weighted by molar-refractivity contribution is 5.73.